The Hall–Kier alpha value is -2.29. The number of carbonyl (C=O) groups is 3. The number of carbonyl (C=O) groups excluding carboxylic acids is 3. The highest BCUT2D eigenvalue weighted by atomic mass is 16.2. The molecule has 0 radical (unpaired) electrons. The molecule has 21 heavy (non-hydrogen) atoms. The van der Waals surface area contributed by atoms with E-state index >= 15 is 0 Å². The fraction of sp³-hybridized carbons (Fsp3) is 0.278. The monoisotopic (exact) mass is 280 g/mol. The van der Waals surface area contributed by atoms with Crippen molar-refractivity contribution < 1.29 is 14.4 Å². The van der Waals surface area contributed by atoms with Crippen molar-refractivity contribution in [2.45, 2.75) is 13.3 Å². The number of Topliss-reactive ketones (excluding diaryl/α,β-unsaturated/α-hetero) is 1. The van der Waals surface area contributed by atoms with E-state index in [1.54, 1.807) is 24.3 Å². The molecule has 0 aromatic heterocycles. The molecule has 0 aliphatic heterocycles. The molecule has 0 heterocycles. The van der Waals surface area contributed by atoms with Crippen molar-refractivity contribution in [2.24, 2.45) is 17.3 Å². The fourth-order valence-corrected chi connectivity index (χ4v) is 3.53. The van der Waals surface area contributed by atoms with Gasteiger partial charge in [-0.3, -0.25) is 14.4 Å². The van der Waals surface area contributed by atoms with Crippen molar-refractivity contribution in [3.8, 4) is 0 Å². The minimum atomic E-state index is -1.28. The van der Waals surface area contributed by atoms with Crippen molar-refractivity contribution in [1.29, 1.82) is 0 Å². The summed E-state index contributed by atoms with van der Waals surface area (Å²) in [5.74, 6) is -1.49. The Morgan fingerprint density at radius 3 is 2.57 bits per heavy atom. The standard InChI is InChI=1S/C18H16O3/c1-12-6-5-9-14-15(19)10-11-16(20)18(12,14)17(21)13-7-3-2-4-8-13/h2-8,10-12,14H,9H2,1H3/t12-,14-,18+/m1/s1. The lowest BCUT2D eigenvalue weighted by Crippen LogP contribution is -2.54. The van der Waals surface area contributed by atoms with Crippen molar-refractivity contribution in [3.05, 3.63) is 60.2 Å². The summed E-state index contributed by atoms with van der Waals surface area (Å²) < 4.78 is 0. The second-order valence-corrected chi connectivity index (χ2v) is 5.67. The molecule has 0 fully saturated rings. The van der Waals surface area contributed by atoms with E-state index < -0.39 is 11.3 Å². The highest BCUT2D eigenvalue weighted by Gasteiger charge is 2.58. The normalized spacial score (nSPS) is 31.1. The van der Waals surface area contributed by atoms with Gasteiger partial charge in [0, 0.05) is 11.5 Å². The summed E-state index contributed by atoms with van der Waals surface area (Å²) in [6.07, 6.45) is 6.81. The number of fused-ring (bicyclic) bond motifs is 1. The van der Waals surface area contributed by atoms with Crippen LogP contribution in [0.5, 0.6) is 0 Å². The Labute approximate surface area is 123 Å². The molecule has 3 heteroatoms. The molecule has 0 spiro atoms. The van der Waals surface area contributed by atoms with Gasteiger partial charge in [0.2, 0.25) is 0 Å². The quantitative estimate of drug-likeness (QED) is 0.475. The maximum atomic E-state index is 13.1. The highest BCUT2D eigenvalue weighted by molar-refractivity contribution is 6.24. The molecular formula is C18H16O3. The topological polar surface area (TPSA) is 51.2 Å². The van der Waals surface area contributed by atoms with Crippen LogP contribution in [0.15, 0.2) is 54.6 Å². The summed E-state index contributed by atoms with van der Waals surface area (Å²) in [5.41, 5.74) is -0.789. The zero-order valence-electron chi connectivity index (χ0n) is 11.8. The Bertz CT molecular complexity index is 669. The number of rotatable bonds is 2. The van der Waals surface area contributed by atoms with E-state index in [-0.39, 0.29) is 23.3 Å². The first-order valence-electron chi connectivity index (χ1n) is 7.11. The molecule has 3 rings (SSSR count). The zero-order valence-corrected chi connectivity index (χ0v) is 11.8. The molecule has 0 unspecified atom stereocenters. The van der Waals surface area contributed by atoms with Gasteiger partial charge in [-0.15, -0.1) is 0 Å². The Morgan fingerprint density at radius 2 is 1.86 bits per heavy atom. The molecule has 0 amide bonds. The van der Waals surface area contributed by atoms with Gasteiger partial charge in [0.1, 0.15) is 5.41 Å². The van der Waals surface area contributed by atoms with Gasteiger partial charge in [0.15, 0.2) is 17.3 Å². The third-order valence-corrected chi connectivity index (χ3v) is 4.63. The molecule has 106 valence electrons. The van der Waals surface area contributed by atoms with Crippen LogP contribution in [0.3, 0.4) is 0 Å². The van der Waals surface area contributed by atoms with Crippen molar-refractivity contribution in [1.82, 2.24) is 0 Å². The van der Waals surface area contributed by atoms with Gasteiger partial charge in [-0.05, 0) is 24.5 Å². The molecular weight excluding hydrogens is 264 g/mol. The van der Waals surface area contributed by atoms with Crippen LogP contribution in [0.2, 0.25) is 0 Å². The molecule has 2 aliphatic carbocycles. The Kier molecular flexibility index (Phi) is 3.20. The van der Waals surface area contributed by atoms with E-state index in [0.717, 1.165) is 0 Å². The third-order valence-electron chi connectivity index (χ3n) is 4.63. The second-order valence-electron chi connectivity index (χ2n) is 5.67. The van der Waals surface area contributed by atoms with Gasteiger partial charge in [-0.2, -0.15) is 0 Å². The maximum absolute atomic E-state index is 13.1. The van der Waals surface area contributed by atoms with E-state index in [9.17, 15) is 14.4 Å². The van der Waals surface area contributed by atoms with Crippen LogP contribution in [-0.4, -0.2) is 17.3 Å². The number of allylic oxidation sites excluding steroid dienone is 4. The first kappa shape index (κ1) is 13.7. The maximum Gasteiger partial charge on any atom is 0.178 e. The van der Waals surface area contributed by atoms with Gasteiger partial charge in [0.05, 0.1) is 0 Å². The number of ketones is 3. The fourth-order valence-electron chi connectivity index (χ4n) is 3.53. The van der Waals surface area contributed by atoms with Gasteiger partial charge >= 0.3 is 0 Å². The van der Waals surface area contributed by atoms with Gasteiger partial charge in [0.25, 0.3) is 0 Å². The second kappa shape index (κ2) is 4.92. The van der Waals surface area contributed by atoms with E-state index in [1.165, 1.54) is 12.2 Å². The van der Waals surface area contributed by atoms with E-state index in [0.29, 0.717) is 12.0 Å². The molecule has 3 nitrogen and oxygen atoms in total. The number of hydrogen-bond acceptors (Lipinski definition) is 3. The largest absolute Gasteiger partial charge is 0.294 e. The smallest absolute Gasteiger partial charge is 0.178 e. The molecule has 1 aromatic carbocycles. The van der Waals surface area contributed by atoms with Crippen LogP contribution in [0, 0.1) is 17.3 Å². The first-order valence-corrected chi connectivity index (χ1v) is 7.11. The molecule has 3 atom stereocenters. The molecule has 0 saturated heterocycles. The van der Waals surface area contributed by atoms with Crippen LogP contribution in [0.4, 0.5) is 0 Å². The summed E-state index contributed by atoms with van der Waals surface area (Å²) in [4.78, 5) is 37.9. The van der Waals surface area contributed by atoms with Crippen LogP contribution < -0.4 is 0 Å². The van der Waals surface area contributed by atoms with E-state index in [4.69, 9.17) is 0 Å². The van der Waals surface area contributed by atoms with Gasteiger partial charge < -0.3 is 0 Å². The molecule has 0 N–H and O–H groups in total. The summed E-state index contributed by atoms with van der Waals surface area (Å²) in [7, 11) is 0. The van der Waals surface area contributed by atoms with E-state index in [1.807, 2.05) is 25.1 Å². The van der Waals surface area contributed by atoms with Crippen LogP contribution in [0.1, 0.15) is 23.7 Å². The average molecular weight is 280 g/mol. The minimum Gasteiger partial charge on any atom is -0.294 e. The zero-order chi connectivity index (χ0) is 15.0. The minimum absolute atomic E-state index is 0.130. The van der Waals surface area contributed by atoms with Gasteiger partial charge in [-0.1, -0.05) is 49.4 Å². The summed E-state index contributed by atoms with van der Waals surface area (Å²) >= 11 is 0. The average Bonchev–Trinajstić information content (AvgIpc) is 2.51. The van der Waals surface area contributed by atoms with Crippen LogP contribution >= 0.6 is 0 Å². The van der Waals surface area contributed by atoms with Crippen molar-refractivity contribution in [2.75, 3.05) is 0 Å². The molecule has 1 aromatic rings. The number of benzene rings is 1. The lowest BCUT2D eigenvalue weighted by Gasteiger charge is -2.43. The molecule has 2 aliphatic rings. The lowest BCUT2D eigenvalue weighted by molar-refractivity contribution is -0.135. The number of hydrogen-bond donors (Lipinski definition) is 0. The summed E-state index contributed by atoms with van der Waals surface area (Å²) in [6, 6.07) is 8.77. The highest BCUT2D eigenvalue weighted by Crippen LogP contribution is 2.48. The van der Waals surface area contributed by atoms with E-state index in [2.05, 4.69) is 0 Å². The third kappa shape index (κ3) is 1.84. The molecule has 0 bridgehead atoms. The van der Waals surface area contributed by atoms with Crippen molar-refractivity contribution in [3.63, 3.8) is 0 Å². The van der Waals surface area contributed by atoms with Crippen molar-refractivity contribution >= 4 is 17.3 Å². The van der Waals surface area contributed by atoms with Crippen LogP contribution in [0.25, 0.3) is 0 Å². The lowest BCUT2D eigenvalue weighted by atomic mass is 9.55. The van der Waals surface area contributed by atoms with Gasteiger partial charge in [-0.25, -0.2) is 0 Å². The predicted molar refractivity (Wildman–Crippen MR) is 78.8 cm³/mol. The predicted octanol–water partition coefficient (Wildman–Crippen LogP) is 2.78. The summed E-state index contributed by atoms with van der Waals surface area (Å²) in [6.45, 7) is 1.84. The summed E-state index contributed by atoms with van der Waals surface area (Å²) in [5, 5.41) is 0. The first-order chi connectivity index (χ1) is 10.1. The Morgan fingerprint density at radius 1 is 1.14 bits per heavy atom. The Balaban J connectivity index is 2.20. The van der Waals surface area contributed by atoms with Crippen LogP contribution in [-0.2, 0) is 9.59 Å². The molecule has 0 saturated carbocycles. The SMILES string of the molecule is C[C@@H]1C=CC[C@@H]2C(=O)C=CC(=O)[C@]12C(=O)c1ccccc1.